The van der Waals surface area contributed by atoms with Crippen LogP contribution in [0.4, 0.5) is 5.69 Å². The van der Waals surface area contributed by atoms with Crippen molar-refractivity contribution in [1.29, 1.82) is 0 Å². The van der Waals surface area contributed by atoms with Crippen LogP contribution in [-0.4, -0.2) is 9.78 Å². The van der Waals surface area contributed by atoms with E-state index in [9.17, 15) is 0 Å². The molecule has 0 unspecified atom stereocenters. The molecule has 2 aromatic rings. The second kappa shape index (κ2) is 3.54. The predicted molar refractivity (Wildman–Crippen MR) is 57.7 cm³/mol. The summed E-state index contributed by atoms with van der Waals surface area (Å²) in [5.74, 6) is 0. The molecule has 3 heteroatoms. The van der Waals surface area contributed by atoms with Gasteiger partial charge in [-0.15, -0.1) is 0 Å². The molecular formula is C11H13N3. The van der Waals surface area contributed by atoms with Crippen LogP contribution in [0.1, 0.15) is 6.92 Å². The number of hydrogen-bond acceptors (Lipinski definition) is 2. The highest BCUT2D eigenvalue weighted by Gasteiger charge is 2.00. The average Bonchev–Trinajstić information content (AvgIpc) is 2.67. The van der Waals surface area contributed by atoms with E-state index in [1.165, 1.54) is 0 Å². The van der Waals surface area contributed by atoms with Crippen molar-refractivity contribution in [2.45, 2.75) is 13.5 Å². The fraction of sp³-hybridized carbons (Fsp3) is 0.182. The van der Waals surface area contributed by atoms with Crippen molar-refractivity contribution in [3.63, 3.8) is 0 Å². The Morgan fingerprint density at radius 1 is 1.21 bits per heavy atom. The van der Waals surface area contributed by atoms with E-state index >= 15 is 0 Å². The summed E-state index contributed by atoms with van der Waals surface area (Å²) < 4.78 is 1.91. The van der Waals surface area contributed by atoms with Crippen molar-refractivity contribution in [2.24, 2.45) is 0 Å². The van der Waals surface area contributed by atoms with Crippen molar-refractivity contribution >= 4 is 5.69 Å². The smallest absolute Gasteiger partial charge is 0.0923 e. The Morgan fingerprint density at radius 2 is 1.93 bits per heavy atom. The van der Waals surface area contributed by atoms with Gasteiger partial charge in [0.2, 0.25) is 0 Å². The van der Waals surface area contributed by atoms with Crippen LogP contribution in [0, 0.1) is 0 Å². The second-order valence-electron chi connectivity index (χ2n) is 3.18. The molecule has 0 saturated carbocycles. The first kappa shape index (κ1) is 8.81. The maximum atomic E-state index is 5.61. The van der Waals surface area contributed by atoms with Crippen molar-refractivity contribution in [3.05, 3.63) is 36.5 Å². The number of nitrogens with zero attached hydrogens (tertiary/aromatic N) is 2. The Bertz CT molecular complexity index is 414. The summed E-state index contributed by atoms with van der Waals surface area (Å²) >= 11 is 0. The maximum absolute atomic E-state index is 5.61. The monoisotopic (exact) mass is 187 g/mol. The Hall–Kier alpha value is -1.77. The molecule has 0 atom stereocenters. The number of hydrogen-bond donors (Lipinski definition) is 1. The Kier molecular flexibility index (Phi) is 2.23. The third-order valence-corrected chi connectivity index (χ3v) is 2.17. The normalized spacial score (nSPS) is 10.4. The first-order valence-corrected chi connectivity index (χ1v) is 4.69. The lowest BCUT2D eigenvalue weighted by Gasteiger charge is -1.97. The lowest BCUT2D eigenvalue weighted by molar-refractivity contribution is 0.662. The summed E-state index contributed by atoms with van der Waals surface area (Å²) in [6.45, 7) is 2.97. The van der Waals surface area contributed by atoms with Crippen LogP contribution in [0.3, 0.4) is 0 Å². The first-order chi connectivity index (χ1) is 6.79. The molecule has 0 aliphatic heterocycles. The minimum absolute atomic E-state index is 0.781. The second-order valence-corrected chi connectivity index (χ2v) is 3.18. The van der Waals surface area contributed by atoms with Gasteiger partial charge in [-0.25, -0.2) is 0 Å². The zero-order valence-electron chi connectivity index (χ0n) is 8.14. The number of aryl methyl sites for hydroxylation is 1. The quantitative estimate of drug-likeness (QED) is 0.732. The zero-order valence-corrected chi connectivity index (χ0v) is 8.14. The molecule has 0 fully saturated rings. The summed E-state index contributed by atoms with van der Waals surface area (Å²) in [7, 11) is 0. The van der Waals surface area contributed by atoms with E-state index in [2.05, 4.69) is 12.0 Å². The summed E-state index contributed by atoms with van der Waals surface area (Å²) in [6.07, 6.45) is 1.98. The summed E-state index contributed by atoms with van der Waals surface area (Å²) in [4.78, 5) is 0. The molecular weight excluding hydrogens is 174 g/mol. The first-order valence-electron chi connectivity index (χ1n) is 4.69. The highest BCUT2D eigenvalue weighted by molar-refractivity contribution is 5.61. The lowest BCUT2D eigenvalue weighted by atomic mass is 10.1. The van der Waals surface area contributed by atoms with E-state index < -0.39 is 0 Å². The molecule has 72 valence electrons. The van der Waals surface area contributed by atoms with E-state index in [0.717, 1.165) is 23.5 Å². The number of aromatic nitrogens is 2. The molecule has 0 aliphatic carbocycles. The molecule has 14 heavy (non-hydrogen) atoms. The Morgan fingerprint density at radius 3 is 2.50 bits per heavy atom. The molecule has 1 aromatic carbocycles. The predicted octanol–water partition coefficient (Wildman–Crippen LogP) is 2.15. The van der Waals surface area contributed by atoms with Gasteiger partial charge in [0.25, 0.3) is 0 Å². The van der Waals surface area contributed by atoms with Gasteiger partial charge < -0.3 is 5.73 Å². The number of nitrogen functional groups attached to an aromatic ring is 1. The average molecular weight is 187 g/mol. The highest BCUT2D eigenvalue weighted by Crippen LogP contribution is 2.17. The number of nitrogens with two attached hydrogens (primary N) is 1. The van der Waals surface area contributed by atoms with Crippen molar-refractivity contribution < 1.29 is 0 Å². The number of anilines is 1. The standard InChI is InChI=1S/C11H13N3/c1-2-14-8-7-11(13-14)9-3-5-10(12)6-4-9/h3-8H,2,12H2,1H3. The van der Waals surface area contributed by atoms with Crippen LogP contribution in [0.5, 0.6) is 0 Å². The van der Waals surface area contributed by atoms with Gasteiger partial charge in [0.05, 0.1) is 5.69 Å². The highest BCUT2D eigenvalue weighted by atomic mass is 15.3. The molecule has 1 aromatic heterocycles. The van der Waals surface area contributed by atoms with Crippen molar-refractivity contribution in [1.82, 2.24) is 9.78 Å². The topological polar surface area (TPSA) is 43.8 Å². The summed E-state index contributed by atoms with van der Waals surface area (Å²) in [5.41, 5.74) is 8.49. The Labute approximate surface area is 83.2 Å². The van der Waals surface area contributed by atoms with Gasteiger partial charge in [-0.2, -0.15) is 5.10 Å². The van der Waals surface area contributed by atoms with E-state index in [-0.39, 0.29) is 0 Å². The third-order valence-electron chi connectivity index (χ3n) is 2.17. The van der Waals surface area contributed by atoms with Gasteiger partial charge in [-0.1, -0.05) is 12.1 Å². The van der Waals surface area contributed by atoms with Crippen LogP contribution < -0.4 is 5.73 Å². The van der Waals surface area contributed by atoms with E-state index in [0.29, 0.717) is 0 Å². The molecule has 0 bridgehead atoms. The molecule has 0 saturated heterocycles. The molecule has 2 rings (SSSR count). The molecule has 1 heterocycles. The van der Waals surface area contributed by atoms with Gasteiger partial charge in [-0.3, -0.25) is 4.68 Å². The van der Waals surface area contributed by atoms with E-state index in [1.54, 1.807) is 0 Å². The fourth-order valence-corrected chi connectivity index (χ4v) is 1.35. The van der Waals surface area contributed by atoms with Crippen LogP contribution in [0.25, 0.3) is 11.3 Å². The molecule has 0 radical (unpaired) electrons. The van der Waals surface area contributed by atoms with Crippen molar-refractivity contribution in [3.8, 4) is 11.3 Å². The third kappa shape index (κ3) is 1.62. The van der Waals surface area contributed by atoms with Gasteiger partial charge in [0.15, 0.2) is 0 Å². The molecule has 0 aliphatic rings. The van der Waals surface area contributed by atoms with E-state index in [1.807, 2.05) is 41.2 Å². The van der Waals surface area contributed by atoms with E-state index in [4.69, 9.17) is 5.73 Å². The maximum Gasteiger partial charge on any atom is 0.0923 e. The van der Waals surface area contributed by atoms with Crippen LogP contribution in [-0.2, 0) is 6.54 Å². The molecule has 0 spiro atoms. The Balaban J connectivity index is 2.34. The summed E-state index contributed by atoms with van der Waals surface area (Å²) in [5, 5.41) is 4.40. The van der Waals surface area contributed by atoms with Crippen LogP contribution in [0.15, 0.2) is 36.5 Å². The number of rotatable bonds is 2. The largest absolute Gasteiger partial charge is 0.399 e. The molecule has 2 N–H and O–H groups in total. The van der Waals surface area contributed by atoms with Gasteiger partial charge in [0, 0.05) is 24.0 Å². The van der Waals surface area contributed by atoms with Crippen molar-refractivity contribution in [2.75, 3.05) is 5.73 Å². The minimum Gasteiger partial charge on any atom is -0.399 e. The van der Waals surface area contributed by atoms with Crippen LogP contribution in [0.2, 0.25) is 0 Å². The van der Waals surface area contributed by atoms with Gasteiger partial charge >= 0.3 is 0 Å². The number of benzene rings is 1. The molecule has 0 amide bonds. The minimum atomic E-state index is 0.781. The fourth-order valence-electron chi connectivity index (χ4n) is 1.35. The SMILES string of the molecule is CCn1ccc(-c2ccc(N)cc2)n1. The van der Waals surface area contributed by atoms with Gasteiger partial charge in [0.1, 0.15) is 0 Å². The molecule has 3 nitrogen and oxygen atoms in total. The van der Waals surface area contributed by atoms with Crippen LogP contribution >= 0.6 is 0 Å². The zero-order chi connectivity index (χ0) is 9.97. The summed E-state index contributed by atoms with van der Waals surface area (Å²) in [6, 6.07) is 9.75. The lowest BCUT2D eigenvalue weighted by Crippen LogP contribution is -1.93. The van der Waals surface area contributed by atoms with Gasteiger partial charge in [-0.05, 0) is 25.1 Å².